The molecule has 0 atom stereocenters. The summed E-state index contributed by atoms with van der Waals surface area (Å²) in [5, 5.41) is 4.08. The molecule has 2 heterocycles. The van der Waals surface area contributed by atoms with Gasteiger partial charge in [0.05, 0.1) is 24.1 Å². The van der Waals surface area contributed by atoms with Crippen LogP contribution in [0.2, 0.25) is 0 Å². The van der Waals surface area contributed by atoms with E-state index in [1.807, 2.05) is 0 Å². The summed E-state index contributed by atoms with van der Waals surface area (Å²) in [5.74, 6) is -0.634. The van der Waals surface area contributed by atoms with Crippen molar-refractivity contribution in [3.05, 3.63) is 53.9 Å². The number of nitrogens with zero attached hydrogens (tertiary/aromatic N) is 3. The third kappa shape index (κ3) is 3.52. The predicted octanol–water partition coefficient (Wildman–Crippen LogP) is 3.22. The fourth-order valence-corrected chi connectivity index (χ4v) is 2.40. The minimum Gasteiger partial charge on any atom is -0.460 e. The van der Waals surface area contributed by atoms with E-state index in [0.717, 1.165) is 12.1 Å². The van der Waals surface area contributed by atoms with Crippen molar-refractivity contribution in [2.24, 2.45) is 0 Å². The molecule has 3 rings (SSSR count). The van der Waals surface area contributed by atoms with Gasteiger partial charge in [-0.15, -0.1) is 0 Å². The van der Waals surface area contributed by atoms with Crippen molar-refractivity contribution in [1.82, 2.24) is 14.6 Å². The summed E-state index contributed by atoms with van der Waals surface area (Å²) in [5.41, 5.74) is 0.218. The average molecular weight is 365 g/mol. The maximum absolute atomic E-state index is 12.9. The minimum atomic E-state index is -4.46. The van der Waals surface area contributed by atoms with Gasteiger partial charge in [0.25, 0.3) is 0 Å². The Morgan fingerprint density at radius 3 is 2.77 bits per heavy atom. The Balaban J connectivity index is 2.00. The second-order valence-corrected chi connectivity index (χ2v) is 5.33. The van der Waals surface area contributed by atoms with Crippen molar-refractivity contribution in [1.29, 1.82) is 0 Å². The van der Waals surface area contributed by atoms with Crippen LogP contribution in [0.25, 0.3) is 16.9 Å². The SMILES string of the molecule is COCCOC(=O)c1cnn2c(-c3cccc(C(F)(F)F)c3)ccnc12. The first-order valence-electron chi connectivity index (χ1n) is 7.58. The number of aromatic nitrogens is 3. The van der Waals surface area contributed by atoms with Crippen molar-refractivity contribution in [2.45, 2.75) is 6.18 Å². The largest absolute Gasteiger partial charge is 0.460 e. The number of rotatable bonds is 5. The molecule has 0 bridgehead atoms. The number of carbonyl (C=O) groups excluding carboxylic acids is 1. The summed E-state index contributed by atoms with van der Waals surface area (Å²) >= 11 is 0. The molecule has 0 fully saturated rings. The van der Waals surface area contributed by atoms with Crippen LogP contribution in [-0.4, -0.2) is 40.9 Å². The number of esters is 1. The zero-order valence-corrected chi connectivity index (χ0v) is 13.7. The van der Waals surface area contributed by atoms with Gasteiger partial charge in [0.1, 0.15) is 12.2 Å². The molecule has 0 N–H and O–H groups in total. The van der Waals surface area contributed by atoms with Gasteiger partial charge in [0.2, 0.25) is 0 Å². The normalized spacial score (nSPS) is 11.7. The highest BCUT2D eigenvalue weighted by Gasteiger charge is 2.30. The van der Waals surface area contributed by atoms with E-state index in [2.05, 4.69) is 10.1 Å². The number of alkyl halides is 3. The number of fused-ring (bicyclic) bond motifs is 1. The fourth-order valence-electron chi connectivity index (χ4n) is 2.40. The smallest absolute Gasteiger partial charge is 0.416 e. The molecule has 1 aromatic carbocycles. The summed E-state index contributed by atoms with van der Waals surface area (Å²) in [7, 11) is 1.48. The maximum Gasteiger partial charge on any atom is 0.416 e. The molecule has 0 saturated carbocycles. The van der Waals surface area contributed by atoms with E-state index in [9.17, 15) is 18.0 Å². The average Bonchev–Trinajstić information content (AvgIpc) is 3.05. The van der Waals surface area contributed by atoms with Gasteiger partial charge in [0.15, 0.2) is 5.65 Å². The van der Waals surface area contributed by atoms with Crippen LogP contribution < -0.4 is 0 Å². The van der Waals surface area contributed by atoms with Crippen LogP contribution in [0.4, 0.5) is 13.2 Å². The van der Waals surface area contributed by atoms with Gasteiger partial charge in [-0.1, -0.05) is 12.1 Å². The molecule has 0 aliphatic carbocycles. The molecule has 0 amide bonds. The topological polar surface area (TPSA) is 65.7 Å². The molecular formula is C17H14F3N3O3. The van der Waals surface area contributed by atoms with E-state index in [1.54, 1.807) is 0 Å². The highest BCUT2D eigenvalue weighted by atomic mass is 19.4. The first kappa shape index (κ1) is 17.9. The lowest BCUT2D eigenvalue weighted by molar-refractivity contribution is -0.137. The van der Waals surface area contributed by atoms with E-state index in [4.69, 9.17) is 9.47 Å². The summed E-state index contributed by atoms with van der Waals surface area (Å²) in [6, 6.07) is 6.38. The van der Waals surface area contributed by atoms with E-state index in [0.29, 0.717) is 11.3 Å². The Bertz CT molecular complexity index is 938. The lowest BCUT2D eigenvalue weighted by atomic mass is 10.1. The Kier molecular flexibility index (Phi) is 4.90. The van der Waals surface area contributed by atoms with Gasteiger partial charge in [0, 0.05) is 18.9 Å². The van der Waals surface area contributed by atoms with Gasteiger partial charge in [-0.25, -0.2) is 14.3 Å². The predicted molar refractivity (Wildman–Crippen MR) is 85.6 cm³/mol. The van der Waals surface area contributed by atoms with Crippen LogP contribution in [0, 0.1) is 0 Å². The quantitative estimate of drug-likeness (QED) is 0.513. The molecule has 0 aliphatic rings. The molecule has 6 nitrogen and oxygen atoms in total. The first-order valence-corrected chi connectivity index (χ1v) is 7.58. The van der Waals surface area contributed by atoms with Crippen LogP contribution in [0.15, 0.2) is 42.7 Å². The van der Waals surface area contributed by atoms with Crippen LogP contribution in [0.1, 0.15) is 15.9 Å². The molecule has 2 aromatic heterocycles. The molecule has 0 radical (unpaired) electrons. The van der Waals surface area contributed by atoms with E-state index >= 15 is 0 Å². The maximum atomic E-state index is 12.9. The van der Waals surface area contributed by atoms with Gasteiger partial charge in [-0.2, -0.15) is 18.3 Å². The molecule has 9 heteroatoms. The van der Waals surface area contributed by atoms with Gasteiger partial charge < -0.3 is 9.47 Å². The van der Waals surface area contributed by atoms with Crippen LogP contribution in [0.5, 0.6) is 0 Å². The summed E-state index contributed by atoms with van der Waals surface area (Å²) in [6.45, 7) is 0.313. The fraction of sp³-hybridized carbons (Fsp3) is 0.235. The highest BCUT2D eigenvalue weighted by Crippen LogP contribution is 2.32. The Morgan fingerprint density at radius 1 is 1.23 bits per heavy atom. The van der Waals surface area contributed by atoms with Crippen LogP contribution in [-0.2, 0) is 15.7 Å². The highest BCUT2D eigenvalue weighted by molar-refractivity contribution is 5.95. The standard InChI is InChI=1S/C17H14F3N3O3/c1-25-7-8-26-16(24)13-10-22-23-14(5-6-21-15(13)23)11-3-2-4-12(9-11)17(18,19)20/h2-6,9-10H,7-8H2,1H3. The lowest BCUT2D eigenvalue weighted by Crippen LogP contribution is -2.10. The van der Waals surface area contributed by atoms with Crippen molar-refractivity contribution in [3.63, 3.8) is 0 Å². The Labute approximate surface area is 146 Å². The molecule has 0 aliphatic heterocycles. The van der Waals surface area contributed by atoms with Crippen molar-refractivity contribution in [3.8, 4) is 11.3 Å². The van der Waals surface area contributed by atoms with Crippen LogP contribution >= 0.6 is 0 Å². The van der Waals surface area contributed by atoms with E-state index < -0.39 is 17.7 Å². The zero-order chi connectivity index (χ0) is 18.7. The van der Waals surface area contributed by atoms with Crippen LogP contribution in [0.3, 0.4) is 0 Å². The minimum absolute atomic E-state index is 0.0694. The lowest BCUT2D eigenvalue weighted by Gasteiger charge is -2.10. The number of ether oxygens (including phenoxy) is 2. The van der Waals surface area contributed by atoms with Gasteiger partial charge in [-0.05, 0) is 18.2 Å². The van der Waals surface area contributed by atoms with Crippen molar-refractivity contribution in [2.75, 3.05) is 20.3 Å². The third-order valence-corrected chi connectivity index (χ3v) is 3.63. The summed E-state index contributed by atoms with van der Waals surface area (Å²) in [6.07, 6.45) is -1.78. The van der Waals surface area contributed by atoms with E-state index in [1.165, 1.54) is 42.2 Å². The van der Waals surface area contributed by atoms with Gasteiger partial charge >= 0.3 is 12.1 Å². The summed E-state index contributed by atoms with van der Waals surface area (Å²) in [4.78, 5) is 16.2. The molecular weight excluding hydrogens is 351 g/mol. The number of methoxy groups -OCH3 is 1. The molecule has 136 valence electrons. The molecule has 3 aromatic rings. The second-order valence-electron chi connectivity index (χ2n) is 5.33. The zero-order valence-electron chi connectivity index (χ0n) is 13.7. The van der Waals surface area contributed by atoms with Crippen molar-refractivity contribution >= 4 is 11.6 Å². The Morgan fingerprint density at radius 2 is 2.04 bits per heavy atom. The monoisotopic (exact) mass is 365 g/mol. The molecule has 26 heavy (non-hydrogen) atoms. The number of hydrogen-bond acceptors (Lipinski definition) is 5. The number of benzene rings is 1. The van der Waals surface area contributed by atoms with E-state index in [-0.39, 0.29) is 24.4 Å². The molecule has 0 saturated heterocycles. The number of hydrogen-bond donors (Lipinski definition) is 0. The second kappa shape index (κ2) is 7.12. The first-order chi connectivity index (χ1) is 12.4. The molecule has 0 unspecified atom stereocenters. The summed E-state index contributed by atoms with van der Waals surface area (Å²) < 4.78 is 50.0. The van der Waals surface area contributed by atoms with Crippen molar-refractivity contribution < 1.29 is 27.4 Å². The Hall–Kier alpha value is -2.94. The number of halogens is 3. The van der Waals surface area contributed by atoms with Gasteiger partial charge in [-0.3, -0.25) is 0 Å². The number of carbonyl (C=O) groups is 1. The third-order valence-electron chi connectivity index (χ3n) is 3.63. The molecule has 0 spiro atoms.